The van der Waals surface area contributed by atoms with Crippen molar-refractivity contribution in [1.82, 2.24) is 10.2 Å². The zero-order chi connectivity index (χ0) is 21.3. The van der Waals surface area contributed by atoms with Crippen LogP contribution in [0.25, 0.3) is 0 Å². The highest BCUT2D eigenvalue weighted by molar-refractivity contribution is 6.30. The maximum Gasteiger partial charge on any atom is 0.220 e. The summed E-state index contributed by atoms with van der Waals surface area (Å²) in [5.74, 6) is 0.539. The number of piperazine rings is 1. The first kappa shape index (κ1) is 22.8. The number of hydrogen-bond donors (Lipinski definition) is 1. The van der Waals surface area contributed by atoms with Gasteiger partial charge in [-0.3, -0.25) is 9.69 Å². The van der Waals surface area contributed by atoms with Crippen molar-refractivity contribution in [2.45, 2.75) is 57.4 Å². The Labute approximate surface area is 184 Å². The first-order chi connectivity index (χ1) is 14.5. The fraction of sp³-hybridized carbons (Fsp3) is 0.652. The van der Waals surface area contributed by atoms with Crippen LogP contribution in [0.2, 0.25) is 5.02 Å². The van der Waals surface area contributed by atoms with Crippen molar-refractivity contribution >= 4 is 23.2 Å². The summed E-state index contributed by atoms with van der Waals surface area (Å²) in [6.45, 7) is 4.87. The van der Waals surface area contributed by atoms with Crippen LogP contribution in [-0.4, -0.2) is 49.6 Å². The number of rotatable bonds is 8. The lowest BCUT2D eigenvalue weighted by molar-refractivity contribution is -0.122. The topological polar surface area (TPSA) is 59.4 Å². The molecule has 1 aliphatic carbocycles. The highest BCUT2D eigenvalue weighted by Gasteiger charge is 2.24. The van der Waals surface area contributed by atoms with E-state index in [0.29, 0.717) is 30.3 Å². The minimum atomic E-state index is -0.283. The molecule has 0 spiro atoms. The van der Waals surface area contributed by atoms with Crippen LogP contribution in [0.3, 0.4) is 0 Å². The summed E-state index contributed by atoms with van der Waals surface area (Å²) in [4.78, 5) is 16.6. The Morgan fingerprint density at radius 3 is 2.57 bits per heavy atom. The summed E-state index contributed by atoms with van der Waals surface area (Å²) >= 11 is 5.99. The van der Waals surface area contributed by atoms with Gasteiger partial charge in [-0.15, -0.1) is 0 Å². The largest absolute Gasteiger partial charge is 0.369 e. The molecule has 0 atom stereocenters. The molecular weight excluding hydrogens is 403 g/mol. The molecule has 0 aromatic heterocycles. The summed E-state index contributed by atoms with van der Waals surface area (Å²) in [5, 5.41) is 12.1. The number of halogens is 2. The third-order valence-electron chi connectivity index (χ3n) is 6.34. The molecule has 2 aliphatic rings. The molecule has 0 bridgehead atoms. The van der Waals surface area contributed by atoms with Crippen LogP contribution in [0.4, 0.5) is 10.1 Å². The van der Waals surface area contributed by atoms with Gasteiger partial charge in [0.15, 0.2) is 0 Å². The van der Waals surface area contributed by atoms with Gasteiger partial charge in [-0.25, -0.2) is 4.39 Å². The molecule has 1 aromatic carbocycles. The number of hydrogen-bond acceptors (Lipinski definition) is 4. The molecule has 0 unspecified atom stereocenters. The SMILES string of the molecule is N#CCCCC(=O)N[C@H]1CC[C@H](CCN2CCN(c3cc(F)cc(Cl)c3)CC2)CC1. The number of nitriles is 1. The molecule has 1 aromatic rings. The standard InChI is InChI=1S/C23H32ClFN4O/c24-19-15-20(25)17-22(16-19)29-13-11-28(12-14-29)10-8-18-4-6-21(7-5-18)27-23(30)3-1-2-9-26/h15-18,21H,1-8,10-14H2,(H,27,30)/t18-,21-. The predicted molar refractivity (Wildman–Crippen MR) is 118 cm³/mol. The molecule has 5 nitrogen and oxygen atoms in total. The molecule has 164 valence electrons. The van der Waals surface area contributed by atoms with E-state index in [9.17, 15) is 9.18 Å². The number of carbonyl (C=O) groups excluding carboxylic acids is 1. The Morgan fingerprint density at radius 1 is 1.17 bits per heavy atom. The summed E-state index contributed by atoms with van der Waals surface area (Å²) in [5.41, 5.74) is 0.868. The van der Waals surface area contributed by atoms with E-state index in [2.05, 4.69) is 21.2 Å². The molecule has 1 N–H and O–H groups in total. The van der Waals surface area contributed by atoms with Crippen molar-refractivity contribution in [3.05, 3.63) is 29.0 Å². The Morgan fingerprint density at radius 2 is 1.90 bits per heavy atom. The minimum absolute atomic E-state index is 0.0890. The minimum Gasteiger partial charge on any atom is -0.369 e. The Bertz CT molecular complexity index is 717. The van der Waals surface area contributed by atoms with Gasteiger partial charge < -0.3 is 10.2 Å². The van der Waals surface area contributed by atoms with E-state index in [0.717, 1.165) is 57.2 Å². The van der Waals surface area contributed by atoms with Crippen molar-refractivity contribution in [3.63, 3.8) is 0 Å². The molecule has 7 heteroatoms. The molecule has 1 aliphatic heterocycles. The van der Waals surface area contributed by atoms with Gasteiger partial charge in [-0.1, -0.05) is 11.6 Å². The van der Waals surface area contributed by atoms with Crippen LogP contribution in [0.1, 0.15) is 51.4 Å². The molecule has 30 heavy (non-hydrogen) atoms. The second-order valence-electron chi connectivity index (χ2n) is 8.54. The summed E-state index contributed by atoms with van der Waals surface area (Å²) < 4.78 is 13.6. The first-order valence-corrected chi connectivity index (χ1v) is 11.5. The second-order valence-corrected chi connectivity index (χ2v) is 8.98. The van der Waals surface area contributed by atoms with Crippen LogP contribution >= 0.6 is 11.6 Å². The van der Waals surface area contributed by atoms with Crippen LogP contribution < -0.4 is 10.2 Å². The number of benzene rings is 1. The number of amides is 1. The fourth-order valence-electron chi connectivity index (χ4n) is 4.54. The maximum absolute atomic E-state index is 13.6. The van der Waals surface area contributed by atoms with Crippen LogP contribution in [0.5, 0.6) is 0 Å². The number of carbonyl (C=O) groups is 1. The first-order valence-electron chi connectivity index (χ1n) is 11.1. The monoisotopic (exact) mass is 434 g/mol. The van der Waals surface area contributed by atoms with Crippen molar-refractivity contribution in [2.24, 2.45) is 5.92 Å². The van der Waals surface area contributed by atoms with Crippen molar-refractivity contribution in [3.8, 4) is 6.07 Å². The van der Waals surface area contributed by atoms with Crippen LogP contribution in [0, 0.1) is 23.1 Å². The van der Waals surface area contributed by atoms with Crippen molar-refractivity contribution in [2.75, 3.05) is 37.6 Å². The maximum atomic E-state index is 13.6. The average molecular weight is 435 g/mol. The Balaban J connectivity index is 1.31. The molecule has 1 amide bonds. The zero-order valence-corrected chi connectivity index (χ0v) is 18.3. The van der Waals surface area contributed by atoms with E-state index in [1.165, 1.54) is 25.3 Å². The Kier molecular flexibility index (Phi) is 8.77. The van der Waals surface area contributed by atoms with Crippen molar-refractivity contribution in [1.29, 1.82) is 5.26 Å². The number of anilines is 1. The Hall–Kier alpha value is -1.84. The lowest BCUT2D eigenvalue weighted by Gasteiger charge is -2.37. The highest BCUT2D eigenvalue weighted by Crippen LogP contribution is 2.28. The van der Waals surface area contributed by atoms with E-state index < -0.39 is 0 Å². The summed E-state index contributed by atoms with van der Waals surface area (Å²) in [6, 6.07) is 7.12. The van der Waals surface area contributed by atoms with E-state index in [-0.39, 0.29) is 11.7 Å². The molecule has 0 radical (unpaired) electrons. The number of nitrogens with one attached hydrogen (secondary N) is 1. The second kappa shape index (κ2) is 11.5. The predicted octanol–water partition coefficient (Wildman–Crippen LogP) is 4.36. The molecule has 1 heterocycles. The fourth-order valence-corrected chi connectivity index (χ4v) is 4.76. The lowest BCUT2D eigenvalue weighted by Crippen LogP contribution is -2.47. The lowest BCUT2D eigenvalue weighted by atomic mass is 9.84. The van der Waals surface area contributed by atoms with E-state index in [4.69, 9.17) is 16.9 Å². The normalized spacial score (nSPS) is 22.5. The smallest absolute Gasteiger partial charge is 0.220 e. The van der Waals surface area contributed by atoms with Gasteiger partial charge in [0.2, 0.25) is 5.91 Å². The van der Waals surface area contributed by atoms with Gasteiger partial charge in [0.05, 0.1) is 6.07 Å². The van der Waals surface area contributed by atoms with Gasteiger partial charge >= 0.3 is 0 Å². The highest BCUT2D eigenvalue weighted by atomic mass is 35.5. The number of nitrogens with zero attached hydrogens (tertiary/aromatic N) is 3. The summed E-state index contributed by atoms with van der Waals surface area (Å²) in [6.07, 6.45) is 7.22. The van der Waals surface area contributed by atoms with Gasteiger partial charge in [0.25, 0.3) is 0 Å². The molecule has 2 fully saturated rings. The molecular formula is C23H32ClFN4O. The van der Waals surface area contributed by atoms with Gasteiger partial charge in [-0.05, 0) is 69.2 Å². The molecule has 1 saturated heterocycles. The zero-order valence-electron chi connectivity index (χ0n) is 17.6. The van der Waals surface area contributed by atoms with E-state index in [1.807, 2.05) is 6.07 Å². The quantitative estimate of drug-likeness (QED) is 0.617. The van der Waals surface area contributed by atoms with E-state index >= 15 is 0 Å². The average Bonchev–Trinajstić information content (AvgIpc) is 2.73. The van der Waals surface area contributed by atoms with Crippen LogP contribution in [0.15, 0.2) is 18.2 Å². The third-order valence-corrected chi connectivity index (χ3v) is 6.56. The third kappa shape index (κ3) is 7.14. The van der Waals surface area contributed by atoms with Gasteiger partial charge in [0.1, 0.15) is 5.82 Å². The van der Waals surface area contributed by atoms with Crippen LogP contribution in [-0.2, 0) is 4.79 Å². The van der Waals surface area contributed by atoms with Crippen molar-refractivity contribution < 1.29 is 9.18 Å². The molecule has 3 rings (SSSR count). The van der Waals surface area contributed by atoms with Gasteiger partial charge in [0, 0.05) is 55.8 Å². The number of unbranched alkanes of at least 4 members (excludes halogenated alkanes) is 1. The molecule has 1 saturated carbocycles. The van der Waals surface area contributed by atoms with E-state index in [1.54, 1.807) is 6.07 Å². The van der Waals surface area contributed by atoms with Gasteiger partial charge in [-0.2, -0.15) is 5.26 Å². The summed E-state index contributed by atoms with van der Waals surface area (Å²) in [7, 11) is 0.